The van der Waals surface area contributed by atoms with Crippen LogP contribution >= 0.6 is 0 Å². The maximum atomic E-state index is 13.3. The number of hydrogen-bond acceptors (Lipinski definition) is 10. The van der Waals surface area contributed by atoms with Gasteiger partial charge in [0.05, 0.1) is 25.4 Å². The molecule has 0 spiro atoms. The third-order valence-electron chi connectivity index (χ3n) is 14.2. The van der Waals surface area contributed by atoms with Gasteiger partial charge in [0, 0.05) is 12.8 Å². The van der Waals surface area contributed by atoms with Crippen molar-refractivity contribution in [1.29, 1.82) is 0 Å². The summed E-state index contributed by atoms with van der Waals surface area (Å²) in [6.45, 7) is 5.61. The molecule has 78 heavy (non-hydrogen) atoms. The number of ether oxygens (including phenoxy) is 3. The summed E-state index contributed by atoms with van der Waals surface area (Å²) < 4.78 is 17.6. The van der Waals surface area contributed by atoms with Crippen LogP contribution in [0.25, 0.3) is 0 Å². The van der Waals surface area contributed by atoms with Crippen molar-refractivity contribution in [3.63, 3.8) is 0 Å². The minimum Gasteiger partial charge on any atom is -0.454 e. The van der Waals surface area contributed by atoms with Crippen molar-refractivity contribution in [3.05, 3.63) is 97.2 Å². The van der Waals surface area contributed by atoms with E-state index in [0.29, 0.717) is 12.8 Å². The van der Waals surface area contributed by atoms with Gasteiger partial charge in [-0.05, 0) is 83.5 Å². The summed E-state index contributed by atoms with van der Waals surface area (Å²) in [5.41, 5.74) is 0. The van der Waals surface area contributed by atoms with E-state index >= 15 is 0 Å². The van der Waals surface area contributed by atoms with E-state index in [2.05, 4.69) is 99.0 Å². The Balaban J connectivity index is 2.63. The molecule has 11 heteroatoms. The molecule has 1 aliphatic heterocycles. The third kappa shape index (κ3) is 41.6. The molecule has 0 bridgehead atoms. The fourth-order valence-electron chi connectivity index (χ4n) is 9.25. The first kappa shape index (κ1) is 72.6. The lowest BCUT2D eigenvalue weighted by atomic mass is 9.99. The first-order valence-electron chi connectivity index (χ1n) is 31.5. The summed E-state index contributed by atoms with van der Waals surface area (Å²) >= 11 is 0. The van der Waals surface area contributed by atoms with E-state index in [9.17, 15) is 35.1 Å². The largest absolute Gasteiger partial charge is 0.454 e. The van der Waals surface area contributed by atoms with Crippen LogP contribution in [-0.2, 0) is 23.8 Å². The summed E-state index contributed by atoms with van der Waals surface area (Å²) in [5.74, 6) is -1.28. The zero-order chi connectivity index (χ0) is 56.8. The summed E-state index contributed by atoms with van der Waals surface area (Å²) in [5, 5.41) is 56.8. The highest BCUT2D eigenvalue weighted by atomic mass is 16.7. The van der Waals surface area contributed by atoms with E-state index in [1.54, 1.807) is 12.2 Å². The Morgan fingerprint density at radius 3 is 1.38 bits per heavy atom. The predicted molar refractivity (Wildman–Crippen MR) is 324 cm³/mol. The quantitative estimate of drug-likeness (QED) is 0.0195. The van der Waals surface area contributed by atoms with Crippen LogP contribution in [0.4, 0.5) is 0 Å². The Kier molecular flexibility index (Phi) is 50.4. The summed E-state index contributed by atoms with van der Waals surface area (Å²) in [4.78, 5) is 26.5. The van der Waals surface area contributed by atoms with E-state index in [1.165, 1.54) is 109 Å². The Hall–Kier alpha value is -3.42. The van der Waals surface area contributed by atoms with Gasteiger partial charge < -0.3 is 45.1 Å². The molecule has 6 N–H and O–H groups in total. The van der Waals surface area contributed by atoms with E-state index in [-0.39, 0.29) is 19.4 Å². The first-order chi connectivity index (χ1) is 38.2. The second kappa shape index (κ2) is 54.2. The molecule has 11 nitrogen and oxygen atoms in total. The van der Waals surface area contributed by atoms with E-state index < -0.39 is 67.4 Å². The topological polar surface area (TPSA) is 175 Å². The van der Waals surface area contributed by atoms with Crippen molar-refractivity contribution in [1.82, 2.24) is 5.32 Å². The first-order valence-corrected chi connectivity index (χ1v) is 31.5. The van der Waals surface area contributed by atoms with Gasteiger partial charge in [-0.15, -0.1) is 0 Å². The number of unbranched alkanes of at least 4 members (excludes halogenated alkanes) is 25. The van der Waals surface area contributed by atoms with Crippen LogP contribution in [0.5, 0.6) is 0 Å². The van der Waals surface area contributed by atoms with Crippen LogP contribution in [0.1, 0.15) is 252 Å². The molecule has 1 amide bonds. The molecule has 8 unspecified atom stereocenters. The lowest BCUT2D eigenvalue weighted by molar-refractivity contribution is -0.305. The number of aliphatic hydroxyl groups excluding tert-OH is 5. The Labute approximate surface area is 475 Å². The van der Waals surface area contributed by atoms with Crippen LogP contribution in [0.3, 0.4) is 0 Å². The number of hydrogen-bond donors (Lipinski definition) is 6. The SMILES string of the molecule is CC/C=C\C/C=C\C/C=C\C/C=C\C/C=C\CCCCCCCCCCCC(=O)OC1C(OCC(NC(=O)C(O)C/C=C/C/C=C\CCCCCCCC)C(O)/C=C/CCCCCCCCCCCC)OC(CO)C(O)C1O. The molecule has 0 aromatic heterocycles. The Morgan fingerprint density at radius 2 is 0.923 bits per heavy atom. The number of nitrogens with one attached hydrogen (secondary N) is 1. The molecular weight excluding hydrogens is 979 g/mol. The number of carbonyl (C=O) groups is 2. The lowest BCUT2D eigenvalue weighted by Crippen LogP contribution is -2.61. The van der Waals surface area contributed by atoms with Crippen LogP contribution in [0.15, 0.2) is 97.2 Å². The highest BCUT2D eigenvalue weighted by Crippen LogP contribution is 2.26. The molecule has 1 fully saturated rings. The zero-order valence-electron chi connectivity index (χ0n) is 49.5. The van der Waals surface area contributed by atoms with Crippen molar-refractivity contribution < 1.29 is 49.3 Å². The number of allylic oxidation sites excluding steroid dienone is 14. The van der Waals surface area contributed by atoms with E-state index in [0.717, 1.165) is 96.3 Å². The van der Waals surface area contributed by atoms with Gasteiger partial charge in [0.15, 0.2) is 12.4 Å². The second-order valence-corrected chi connectivity index (χ2v) is 21.4. The minimum atomic E-state index is -1.63. The van der Waals surface area contributed by atoms with Gasteiger partial charge in [0.25, 0.3) is 0 Å². The Morgan fingerprint density at radius 1 is 0.513 bits per heavy atom. The van der Waals surface area contributed by atoms with Crippen molar-refractivity contribution in [2.45, 2.75) is 301 Å². The molecule has 0 aliphatic carbocycles. The molecule has 0 aromatic rings. The van der Waals surface area contributed by atoms with Crippen LogP contribution in [-0.4, -0.2) is 99.6 Å². The predicted octanol–water partition coefficient (Wildman–Crippen LogP) is 15.1. The second-order valence-electron chi connectivity index (χ2n) is 21.4. The number of amides is 1. The summed E-state index contributed by atoms with van der Waals surface area (Å²) in [6.07, 6.45) is 61.8. The monoisotopic (exact) mass is 1090 g/mol. The van der Waals surface area contributed by atoms with E-state index in [4.69, 9.17) is 14.2 Å². The summed E-state index contributed by atoms with van der Waals surface area (Å²) in [7, 11) is 0. The smallest absolute Gasteiger partial charge is 0.306 e. The lowest BCUT2D eigenvalue weighted by Gasteiger charge is -2.41. The molecule has 8 atom stereocenters. The van der Waals surface area contributed by atoms with Crippen molar-refractivity contribution in [2.24, 2.45) is 0 Å². The average Bonchev–Trinajstić information content (AvgIpc) is 3.44. The molecule has 1 rings (SSSR count). The molecule has 0 aromatic carbocycles. The zero-order valence-corrected chi connectivity index (χ0v) is 49.5. The maximum Gasteiger partial charge on any atom is 0.306 e. The standard InChI is InChI=1S/C67H115NO10/c1-4-7-10-13-16-19-22-25-26-27-28-29-30-31-32-33-34-35-36-37-40-43-46-49-52-55-62(72)78-65-64(74)63(73)61(56-69)77-67(65)76-57-58(59(70)53-50-47-44-41-38-23-20-17-14-11-8-5-2)68-66(75)60(71)54-51-48-45-42-39-24-21-18-15-12-9-6-3/h7,10,16,19,25-26,28-29,31-32,39,42,48,50-51,53,58-61,63-65,67,69-71,73-74H,4-6,8-9,11-15,17-18,20-24,27,30,33-38,40-41,43-47,49,52,54-57H2,1-3H3,(H,68,75)/b10-7-,19-16-,26-25-,29-28-,32-31-,42-39-,51-48+,53-50+. The Bertz CT molecular complexity index is 1630. The van der Waals surface area contributed by atoms with Gasteiger partial charge in [-0.25, -0.2) is 0 Å². The third-order valence-corrected chi connectivity index (χ3v) is 14.2. The van der Waals surface area contributed by atoms with Gasteiger partial charge in [0.2, 0.25) is 5.91 Å². The molecular formula is C67H115NO10. The van der Waals surface area contributed by atoms with Crippen molar-refractivity contribution in [2.75, 3.05) is 13.2 Å². The van der Waals surface area contributed by atoms with Gasteiger partial charge >= 0.3 is 5.97 Å². The molecule has 1 heterocycles. The molecule has 1 aliphatic rings. The molecule has 0 saturated carbocycles. The average molecular weight is 1090 g/mol. The minimum absolute atomic E-state index is 0.0782. The van der Waals surface area contributed by atoms with E-state index in [1.807, 2.05) is 12.2 Å². The molecule has 448 valence electrons. The fourth-order valence-corrected chi connectivity index (χ4v) is 9.25. The van der Waals surface area contributed by atoms with Crippen LogP contribution in [0.2, 0.25) is 0 Å². The van der Waals surface area contributed by atoms with Crippen LogP contribution in [0, 0.1) is 0 Å². The normalized spacial score (nSPS) is 19.6. The fraction of sp³-hybridized carbons (Fsp3) is 0.731. The maximum absolute atomic E-state index is 13.3. The highest BCUT2D eigenvalue weighted by molar-refractivity contribution is 5.81. The van der Waals surface area contributed by atoms with Gasteiger partial charge in [-0.3, -0.25) is 9.59 Å². The van der Waals surface area contributed by atoms with Crippen molar-refractivity contribution in [3.8, 4) is 0 Å². The van der Waals surface area contributed by atoms with Gasteiger partial charge in [-0.2, -0.15) is 0 Å². The number of esters is 1. The molecule has 0 radical (unpaired) electrons. The summed E-state index contributed by atoms with van der Waals surface area (Å²) in [6, 6.07) is -1.06. The number of carbonyl (C=O) groups excluding carboxylic acids is 2. The van der Waals surface area contributed by atoms with Crippen LogP contribution < -0.4 is 5.32 Å². The van der Waals surface area contributed by atoms with Gasteiger partial charge in [0.1, 0.15) is 24.4 Å². The highest BCUT2D eigenvalue weighted by Gasteiger charge is 2.47. The number of rotatable bonds is 52. The molecule has 1 saturated heterocycles. The van der Waals surface area contributed by atoms with Gasteiger partial charge in [-0.1, -0.05) is 253 Å². The number of aliphatic hydroxyl groups is 5. The van der Waals surface area contributed by atoms with Crippen molar-refractivity contribution >= 4 is 11.9 Å².